The summed E-state index contributed by atoms with van der Waals surface area (Å²) in [5, 5.41) is 8.76. The number of aromatic nitrogens is 2. The number of hydrogen-bond acceptors (Lipinski definition) is 3. The Balaban J connectivity index is 2.82. The van der Waals surface area contributed by atoms with E-state index in [9.17, 15) is 0 Å². The van der Waals surface area contributed by atoms with Crippen molar-refractivity contribution in [2.45, 2.75) is 33.2 Å². The summed E-state index contributed by atoms with van der Waals surface area (Å²) in [6.45, 7) is 7.38. The minimum Gasteiger partial charge on any atom is -0.314 e. The lowest BCUT2D eigenvalue weighted by molar-refractivity contribution is 0.402. The lowest BCUT2D eigenvalue weighted by Crippen LogP contribution is -2.38. The van der Waals surface area contributed by atoms with Crippen LogP contribution in [0.2, 0.25) is 5.02 Å². The van der Waals surface area contributed by atoms with E-state index in [0.717, 1.165) is 35.1 Å². The highest BCUT2D eigenvalue weighted by atomic mass is 35.5. The van der Waals surface area contributed by atoms with Crippen molar-refractivity contribution in [1.82, 2.24) is 15.1 Å². The predicted octanol–water partition coefficient (Wildman–Crippen LogP) is 2.90. The number of nitrogens with one attached hydrogen (secondary N) is 1. The molecule has 1 rings (SSSR count). The van der Waals surface area contributed by atoms with Crippen LogP contribution in [-0.2, 0) is 13.5 Å². The van der Waals surface area contributed by atoms with E-state index in [4.69, 9.17) is 11.6 Å². The number of hydrogen-bond donors (Lipinski definition) is 1. The van der Waals surface area contributed by atoms with Crippen molar-refractivity contribution in [2.75, 3.05) is 18.6 Å². The third kappa shape index (κ3) is 3.90. The highest BCUT2D eigenvalue weighted by Crippen LogP contribution is 2.23. The van der Waals surface area contributed by atoms with Gasteiger partial charge in [0.15, 0.2) is 0 Å². The van der Waals surface area contributed by atoms with Crippen LogP contribution in [0, 0.1) is 12.8 Å². The van der Waals surface area contributed by atoms with Gasteiger partial charge < -0.3 is 5.32 Å². The lowest BCUT2D eigenvalue weighted by Gasteiger charge is -2.24. The normalized spacial score (nSPS) is 14.8. The van der Waals surface area contributed by atoms with Crippen molar-refractivity contribution in [2.24, 2.45) is 13.0 Å². The van der Waals surface area contributed by atoms with Crippen molar-refractivity contribution >= 4 is 23.4 Å². The molecule has 2 unspecified atom stereocenters. The Kier molecular flexibility index (Phi) is 6.53. The van der Waals surface area contributed by atoms with Gasteiger partial charge in [0.05, 0.1) is 16.4 Å². The Hall–Kier alpha value is -0.190. The molecule has 18 heavy (non-hydrogen) atoms. The third-order valence-corrected chi connectivity index (χ3v) is 4.61. The monoisotopic (exact) mass is 289 g/mol. The summed E-state index contributed by atoms with van der Waals surface area (Å²) in [6.07, 6.45) is 3.09. The van der Waals surface area contributed by atoms with E-state index < -0.39 is 0 Å². The number of halogens is 1. The molecule has 104 valence electrons. The molecule has 0 fully saturated rings. The number of likely N-dealkylation sites (N-methyl/N-ethyl adjacent to an activating group) is 1. The van der Waals surface area contributed by atoms with Gasteiger partial charge in [0.2, 0.25) is 0 Å². The fraction of sp³-hybridized carbons (Fsp3) is 0.769. The minimum atomic E-state index is 0.453. The maximum Gasteiger partial charge on any atom is 0.0847 e. The zero-order valence-corrected chi connectivity index (χ0v) is 13.5. The molecular weight excluding hydrogens is 266 g/mol. The topological polar surface area (TPSA) is 29.9 Å². The average Bonchev–Trinajstić information content (AvgIpc) is 2.55. The van der Waals surface area contributed by atoms with Crippen LogP contribution in [0.5, 0.6) is 0 Å². The van der Waals surface area contributed by atoms with Gasteiger partial charge in [-0.15, -0.1) is 0 Å². The van der Waals surface area contributed by atoms with Crippen LogP contribution < -0.4 is 5.32 Å². The van der Waals surface area contributed by atoms with Crippen LogP contribution in [0.1, 0.15) is 25.2 Å². The highest BCUT2D eigenvalue weighted by Gasteiger charge is 2.20. The van der Waals surface area contributed by atoms with Gasteiger partial charge in [-0.2, -0.15) is 16.9 Å². The van der Waals surface area contributed by atoms with E-state index >= 15 is 0 Å². The van der Waals surface area contributed by atoms with E-state index in [0.29, 0.717) is 12.0 Å². The Morgan fingerprint density at radius 3 is 2.61 bits per heavy atom. The molecule has 0 amide bonds. The molecule has 0 aromatic carbocycles. The zero-order chi connectivity index (χ0) is 13.7. The van der Waals surface area contributed by atoms with Crippen molar-refractivity contribution in [3.63, 3.8) is 0 Å². The van der Waals surface area contributed by atoms with Crippen LogP contribution in [0.3, 0.4) is 0 Å². The first-order chi connectivity index (χ1) is 8.51. The maximum absolute atomic E-state index is 6.32. The smallest absolute Gasteiger partial charge is 0.0847 e. The van der Waals surface area contributed by atoms with Crippen LogP contribution in [0.4, 0.5) is 0 Å². The number of aryl methyl sites for hydroxylation is 2. The molecule has 1 N–H and O–H groups in total. The molecule has 1 aromatic rings. The quantitative estimate of drug-likeness (QED) is 0.837. The van der Waals surface area contributed by atoms with Crippen LogP contribution in [-0.4, -0.2) is 34.4 Å². The van der Waals surface area contributed by atoms with E-state index in [1.54, 1.807) is 0 Å². The van der Waals surface area contributed by atoms with Crippen molar-refractivity contribution in [3.05, 3.63) is 16.4 Å². The molecule has 1 aromatic heterocycles. The lowest BCUT2D eigenvalue weighted by atomic mass is 9.98. The van der Waals surface area contributed by atoms with E-state index in [2.05, 4.69) is 30.5 Å². The van der Waals surface area contributed by atoms with Gasteiger partial charge in [-0.1, -0.05) is 25.4 Å². The van der Waals surface area contributed by atoms with Gasteiger partial charge in [-0.3, -0.25) is 4.68 Å². The second kappa shape index (κ2) is 7.41. The largest absolute Gasteiger partial charge is 0.314 e. The first-order valence-electron chi connectivity index (χ1n) is 6.41. The molecule has 5 heteroatoms. The zero-order valence-electron chi connectivity index (χ0n) is 12.0. The molecule has 3 nitrogen and oxygen atoms in total. The summed E-state index contributed by atoms with van der Waals surface area (Å²) in [4.78, 5) is 0. The number of rotatable bonds is 7. The highest BCUT2D eigenvalue weighted by molar-refractivity contribution is 7.98. The second-order valence-electron chi connectivity index (χ2n) is 4.77. The molecular formula is C13H24ClN3S. The Morgan fingerprint density at radius 1 is 1.50 bits per heavy atom. The second-order valence-corrected chi connectivity index (χ2v) is 6.06. The van der Waals surface area contributed by atoms with Crippen molar-refractivity contribution in [3.8, 4) is 0 Å². The Labute approximate surface area is 120 Å². The van der Waals surface area contributed by atoms with Crippen LogP contribution in [0.15, 0.2) is 0 Å². The molecule has 1 heterocycles. The molecule has 0 saturated carbocycles. The van der Waals surface area contributed by atoms with Gasteiger partial charge in [-0.05, 0) is 31.4 Å². The van der Waals surface area contributed by atoms with Crippen LogP contribution >= 0.6 is 23.4 Å². The molecule has 0 aliphatic heterocycles. The summed E-state index contributed by atoms with van der Waals surface area (Å²) in [7, 11) is 1.97. The standard InChI is InChI=1S/C13H24ClN3S/c1-6-15-11(9(2)8-18-5)7-12-13(14)10(3)16-17(12)4/h9,11,15H,6-8H2,1-5H3. The van der Waals surface area contributed by atoms with Crippen LogP contribution in [0.25, 0.3) is 0 Å². The minimum absolute atomic E-state index is 0.453. The molecule has 0 aliphatic rings. The number of nitrogens with zero attached hydrogens (tertiary/aromatic N) is 2. The van der Waals surface area contributed by atoms with Gasteiger partial charge >= 0.3 is 0 Å². The third-order valence-electron chi connectivity index (χ3n) is 3.26. The van der Waals surface area contributed by atoms with Crippen molar-refractivity contribution in [1.29, 1.82) is 0 Å². The fourth-order valence-electron chi connectivity index (χ4n) is 2.23. The Morgan fingerprint density at radius 2 is 2.17 bits per heavy atom. The fourth-order valence-corrected chi connectivity index (χ4v) is 3.22. The first kappa shape index (κ1) is 15.9. The SMILES string of the molecule is CCNC(Cc1c(Cl)c(C)nn1C)C(C)CSC. The summed E-state index contributed by atoms with van der Waals surface area (Å²) >= 11 is 8.22. The molecule has 0 saturated heterocycles. The summed E-state index contributed by atoms with van der Waals surface area (Å²) < 4.78 is 1.91. The molecule has 2 atom stereocenters. The molecule has 0 aliphatic carbocycles. The first-order valence-corrected chi connectivity index (χ1v) is 8.18. The predicted molar refractivity (Wildman–Crippen MR) is 81.7 cm³/mol. The van der Waals surface area contributed by atoms with E-state index in [1.807, 2.05) is 30.4 Å². The van der Waals surface area contributed by atoms with Crippen molar-refractivity contribution < 1.29 is 0 Å². The number of thioether (sulfide) groups is 1. The van der Waals surface area contributed by atoms with Gasteiger partial charge in [0.1, 0.15) is 0 Å². The molecule has 0 bridgehead atoms. The van der Waals surface area contributed by atoms with Gasteiger partial charge in [0.25, 0.3) is 0 Å². The van der Waals surface area contributed by atoms with E-state index in [1.165, 1.54) is 0 Å². The Bertz CT molecular complexity index is 379. The molecule has 0 radical (unpaired) electrons. The molecule has 0 spiro atoms. The summed E-state index contributed by atoms with van der Waals surface area (Å²) in [5.41, 5.74) is 2.05. The summed E-state index contributed by atoms with van der Waals surface area (Å²) in [5.74, 6) is 1.78. The van der Waals surface area contributed by atoms with E-state index in [-0.39, 0.29) is 0 Å². The average molecular weight is 290 g/mol. The maximum atomic E-state index is 6.32. The summed E-state index contributed by atoms with van der Waals surface area (Å²) in [6, 6.07) is 0.453. The van der Waals surface area contributed by atoms with Gasteiger partial charge in [-0.25, -0.2) is 0 Å². The van der Waals surface area contributed by atoms with Gasteiger partial charge in [0, 0.05) is 19.5 Å².